The second-order valence-corrected chi connectivity index (χ2v) is 10.1. The zero-order valence-electron chi connectivity index (χ0n) is 12.6. The van der Waals surface area contributed by atoms with Crippen LogP contribution >= 0.6 is 88.8 Å². The van der Waals surface area contributed by atoms with Crippen molar-refractivity contribution in [1.29, 1.82) is 0 Å². The highest BCUT2D eigenvalue weighted by molar-refractivity contribution is 7.54. The Bertz CT molecular complexity index is 878. The molecule has 0 saturated carbocycles. The Balaban J connectivity index is 2.35. The lowest BCUT2D eigenvalue weighted by atomic mass is 10.0. The van der Waals surface area contributed by atoms with Gasteiger partial charge in [0, 0.05) is 23.4 Å². The molecule has 0 fully saturated rings. The maximum absolute atomic E-state index is 13.2. The summed E-state index contributed by atoms with van der Waals surface area (Å²) in [6, 6.07) is 2.79. The zero-order chi connectivity index (χ0) is 19.2. The van der Waals surface area contributed by atoms with Gasteiger partial charge in [-0.15, -0.1) is 11.6 Å². The molecule has 0 saturated heterocycles. The molecule has 140 valence electrons. The molecule has 0 unspecified atom stereocenters. The van der Waals surface area contributed by atoms with Crippen LogP contribution in [0.1, 0.15) is 11.1 Å². The van der Waals surface area contributed by atoms with Crippen LogP contribution in [-0.2, 0) is 11.0 Å². The Kier molecular flexibility index (Phi) is 6.44. The van der Waals surface area contributed by atoms with E-state index in [1.807, 2.05) is 0 Å². The average molecular weight is 515 g/mol. The molecule has 11 heteroatoms. The molecule has 3 nitrogen and oxygen atoms in total. The molecule has 0 amide bonds. The Labute approximate surface area is 184 Å². The molecule has 1 aliphatic rings. The van der Waals surface area contributed by atoms with E-state index >= 15 is 0 Å². The molecule has 0 aliphatic carbocycles. The molecule has 0 N–H and O–H groups in total. The van der Waals surface area contributed by atoms with Gasteiger partial charge in [-0.2, -0.15) is 0 Å². The van der Waals surface area contributed by atoms with Crippen molar-refractivity contribution < 1.29 is 13.6 Å². The van der Waals surface area contributed by atoms with Gasteiger partial charge in [0.2, 0.25) is 0 Å². The van der Waals surface area contributed by atoms with Crippen LogP contribution in [0.15, 0.2) is 12.1 Å². The van der Waals surface area contributed by atoms with Gasteiger partial charge in [-0.3, -0.25) is 0 Å². The van der Waals surface area contributed by atoms with E-state index in [1.165, 1.54) is 12.1 Å². The molecule has 2 aromatic rings. The fraction of sp³-hybridized carbons (Fsp3) is 0.200. The van der Waals surface area contributed by atoms with Crippen LogP contribution < -0.4 is 9.05 Å². The van der Waals surface area contributed by atoms with E-state index in [0.29, 0.717) is 11.1 Å². The third-order valence-corrected chi connectivity index (χ3v) is 7.97. The molecule has 26 heavy (non-hydrogen) atoms. The Morgan fingerprint density at radius 2 is 1.23 bits per heavy atom. The molecule has 0 atom stereocenters. The van der Waals surface area contributed by atoms with Crippen molar-refractivity contribution in [3.8, 4) is 11.5 Å². The summed E-state index contributed by atoms with van der Waals surface area (Å²) in [6.07, 6.45) is 0.00432. The monoisotopic (exact) mass is 512 g/mol. The summed E-state index contributed by atoms with van der Waals surface area (Å²) in [4.78, 5) is 0. The molecule has 3 rings (SSSR count). The minimum Gasteiger partial charge on any atom is -0.414 e. The highest BCUT2D eigenvalue weighted by Crippen LogP contribution is 2.57. The van der Waals surface area contributed by atoms with Crippen LogP contribution in [0.2, 0.25) is 30.1 Å². The number of halogens is 7. The highest BCUT2D eigenvalue weighted by atomic mass is 35.5. The zero-order valence-corrected chi connectivity index (χ0v) is 18.8. The van der Waals surface area contributed by atoms with Gasteiger partial charge in [-0.05, 0) is 12.1 Å². The lowest BCUT2D eigenvalue weighted by Gasteiger charge is -2.27. The fourth-order valence-corrected chi connectivity index (χ4v) is 6.06. The third kappa shape index (κ3) is 3.88. The second-order valence-electron chi connectivity index (χ2n) is 5.31. The number of hydrogen-bond donors (Lipinski definition) is 0. The molecule has 2 aromatic carbocycles. The van der Waals surface area contributed by atoms with Gasteiger partial charge in [-0.25, -0.2) is 4.57 Å². The van der Waals surface area contributed by atoms with E-state index in [9.17, 15) is 4.57 Å². The first-order chi connectivity index (χ1) is 12.2. The normalized spacial score (nSPS) is 15.2. The van der Waals surface area contributed by atoms with Crippen molar-refractivity contribution in [2.24, 2.45) is 0 Å². The largest absolute Gasteiger partial charge is 0.432 e. The lowest BCUT2D eigenvalue weighted by Crippen LogP contribution is -2.13. The molecule has 1 heterocycles. The minimum atomic E-state index is -3.78. The van der Waals surface area contributed by atoms with E-state index < -0.39 is 7.60 Å². The Hall–Kier alpha value is 0.300. The van der Waals surface area contributed by atoms with Gasteiger partial charge >= 0.3 is 7.60 Å². The summed E-state index contributed by atoms with van der Waals surface area (Å²) < 4.78 is 24.5. The molecule has 0 spiro atoms. The summed E-state index contributed by atoms with van der Waals surface area (Å²) in [7, 11) is -3.78. The topological polar surface area (TPSA) is 35.5 Å². The molecule has 0 bridgehead atoms. The Morgan fingerprint density at radius 3 is 1.62 bits per heavy atom. The maximum atomic E-state index is 13.2. The average Bonchev–Trinajstić information content (AvgIpc) is 2.54. The second kappa shape index (κ2) is 7.97. The van der Waals surface area contributed by atoms with Gasteiger partial charge in [-0.1, -0.05) is 69.6 Å². The van der Waals surface area contributed by atoms with Crippen molar-refractivity contribution in [3.63, 3.8) is 0 Å². The quantitative estimate of drug-likeness (QED) is 0.229. The van der Waals surface area contributed by atoms with Gasteiger partial charge in [0.05, 0.1) is 36.3 Å². The first-order valence-electron chi connectivity index (χ1n) is 7.04. The summed E-state index contributed by atoms with van der Waals surface area (Å²) in [5, 5.41) is 1.03. The fourth-order valence-electron chi connectivity index (χ4n) is 2.44. The predicted molar refractivity (Wildman–Crippen MR) is 110 cm³/mol. The van der Waals surface area contributed by atoms with Gasteiger partial charge in [0.15, 0.2) is 11.5 Å². The molecular weight excluding hydrogens is 507 g/mol. The molecule has 0 aromatic heterocycles. The molecule has 1 aliphatic heterocycles. The van der Waals surface area contributed by atoms with Crippen molar-refractivity contribution in [3.05, 3.63) is 53.4 Å². The first kappa shape index (κ1) is 21.0. The number of rotatable bonds is 2. The van der Waals surface area contributed by atoms with Crippen LogP contribution in [-0.4, -0.2) is 12.0 Å². The summed E-state index contributed by atoms with van der Waals surface area (Å²) >= 11 is 43.2. The van der Waals surface area contributed by atoms with Crippen molar-refractivity contribution >= 4 is 88.8 Å². The first-order valence-corrected chi connectivity index (χ1v) is 11.6. The van der Waals surface area contributed by atoms with Gasteiger partial charge in [0.1, 0.15) is 0 Å². The Morgan fingerprint density at radius 1 is 0.808 bits per heavy atom. The predicted octanol–water partition coefficient (Wildman–Crippen LogP) is 8.40. The molecule has 0 radical (unpaired) electrons. The summed E-state index contributed by atoms with van der Waals surface area (Å²) in [6.45, 7) is 0. The van der Waals surface area contributed by atoms with Gasteiger partial charge < -0.3 is 9.05 Å². The van der Waals surface area contributed by atoms with Crippen LogP contribution in [0.3, 0.4) is 0 Å². The van der Waals surface area contributed by atoms with Crippen LogP contribution in [0.4, 0.5) is 0 Å². The summed E-state index contributed by atoms with van der Waals surface area (Å²) in [5.74, 6) is 0.194. The maximum Gasteiger partial charge on any atom is 0.432 e. The third-order valence-electron chi connectivity index (χ3n) is 3.61. The number of fused-ring (bicyclic) bond motifs is 2. The van der Waals surface area contributed by atoms with Crippen molar-refractivity contribution in [2.45, 2.75) is 6.42 Å². The number of alkyl halides is 1. The van der Waals surface area contributed by atoms with E-state index in [0.717, 1.165) is 0 Å². The number of benzene rings is 2. The highest BCUT2D eigenvalue weighted by Gasteiger charge is 2.36. The van der Waals surface area contributed by atoms with E-state index in [4.69, 9.17) is 90.3 Å². The summed E-state index contributed by atoms with van der Waals surface area (Å²) in [5.41, 5.74) is 0.785. The number of hydrogen-bond acceptors (Lipinski definition) is 3. The lowest BCUT2D eigenvalue weighted by molar-refractivity contribution is 0.381. The van der Waals surface area contributed by atoms with Crippen LogP contribution in [0.25, 0.3) is 0 Å². The van der Waals surface area contributed by atoms with Crippen LogP contribution in [0.5, 0.6) is 11.5 Å². The van der Waals surface area contributed by atoms with E-state index in [-0.39, 0.29) is 60.1 Å². The van der Waals surface area contributed by atoms with Crippen molar-refractivity contribution in [1.82, 2.24) is 0 Å². The van der Waals surface area contributed by atoms with Crippen molar-refractivity contribution in [2.75, 3.05) is 12.0 Å². The van der Waals surface area contributed by atoms with Crippen LogP contribution in [0, 0.1) is 0 Å². The molecular formula is C15H8Cl7O3P. The SMILES string of the molecule is O=P1(CCCl)Oc2c(Cl)cc(Cl)c(Cl)c2Cc2c(Cl)c(Cl)cc(Cl)c2O1. The van der Waals surface area contributed by atoms with E-state index in [1.54, 1.807) is 0 Å². The minimum absolute atomic E-state index is 0.0137. The standard InChI is InChI=1S/C15H8Cl7O3P/c16-1-2-26(23)24-14-6(12(21)8(17)4-10(14)19)3-7-13(22)9(18)5-11(20)15(7)25-26/h4-5H,1-3H2. The smallest absolute Gasteiger partial charge is 0.414 e. The van der Waals surface area contributed by atoms with E-state index in [2.05, 4.69) is 0 Å². The van der Waals surface area contributed by atoms with Gasteiger partial charge in [0.25, 0.3) is 0 Å².